The van der Waals surface area contributed by atoms with Gasteiger partial charge in [-0.05, 0) is 48.9 Å². The Balaban J connectivity index is 1.86. The van der Waals surface area contributed by atoms with Crippen molar-refractivity contribution in [1.82, 2.24) is 5.43 Å². The summed E-state index contributed by atoms with van der Waals surface area (Å²) in [7, 11) is 0. The Morgan fingerprint density at radius 2 is 1.77 bits per heavy atom. The number of anilines is 1. The zero-order valence-corrected chi connectivity index (χ0v) is 13.8. The lowest BCUT2D eigenvalue weighted by Crippen LogP contribution is -2.32. The van der Waals surface area contributed by atoms with E-state index in [1.54, 1.807) is 24.3 Å². The van der Waals surface area contributed by atoms with Crippen molar-refractivity contribution in [2.24, 2.45) is 5.10 Å². The van der Waals surface area contributed by atoms with Crippen LogP contribution in [0, 0.1) is 10.1 Å². The Kier molecular flexibility index (Phi) is 6.38. The molecule has 0 radical (unpaired) electrons. The average molecular weight is 356 g/mol. The van der Waals surface area contributed by atoms with E-state index < -0.39 is 16.7 Å². The third-order valence-electron chi connectivity index (χ3n) is 3.11. The van der Waals surface area contributed by atoms with Crippen LogP contribution in [0.5, 0.6) is 5.75 Å². The molecule has 0 atom stereocenters. The SMILES string of the molecule is CCOc1ccc(NC(=O)C(=O)N/N=C\c2ccc([N+](=O)[O-])cc2)cc1. The Hall–Kier alpha value is -3.75. The minimum Gasteiger partial charge on any atom is -0.494 e. The fourth-order valence-corrected chi connectivity index (χ4v) is 1.89. The van der Waals surface area contributed by atoms with Gasteiger partial charge in [0.05, 0.1) is 17.7 Å². The lowest BCUT2D eigenvalue weighted by Gasteiger charge is -2.06. The highest BCUT2D eigenvalue weighted by molar-refractivity contribution is 6.39. The molecule has 0 spiro atoms. The van der Waals surface area contributed by atoms with Crippen molar-refractivity contribution in [3.63, 3.8) is 0 Å². The molecule has 2 aromatic carbocycles. The van der Waals surface area contributed by atoms with Crippen LogP contribution >= 0.6 is 0 Å². The number of amides is 2. The molecule has 0 unspecified atom stereocenters. The number of hydrogen-bond acceptors (Lipinski definition) is 6. The zero-order valence-electron chi connectivity index (χ0n) is 13.8. The molecule has 0 bridgehead atoms. The maximum atomic E-state index is 11.8. The molecule has 2 N–H and O–H groups in total. The summed E-state index contributed by atoms with van der Waals surface area (Å²) < 4.78 is 5.28. The van der Waals surface area contributed by atoms with Crippen molar-refractivity contribution in [1.29, 1.82) is 0 Å². The first-order valence-corrected chi connectivity index (χ1v) is 7.61. The normalized spacial score (nSPS) is 10.3. The van der Waals surface area contributed by atoms with Gasteiger partial charge in [0.15, 0.2) is 0 Å². The van der Waals surface area contributed by atoms with Crippen LogP contribution in [0.4, 0.5) is 11.4 Å². The van der Waals surface area contributed by atoms with Crippen molar-refractivity contribution in [2.75, 3.05) is 11.9 Å². The van der Waals surface area contributed by atoms with E-state index in [0.29, 0.717) is 23.6 Å². The summed E-state index contributed by atoms with van der Waals surface area (Å²) in [6.07, 6.45) is 1.27. The maximum absolute atomic E-state index is 11.8. The van der Waals surface area contributed by atoms with E-state index >= 15 is 0 Å². The predicted molar refractivity (Wildman–Crippen MR) is 95.1 cm³/mol. The number of nitrogens with one attached hydrogen (secondary N) is 2. The van der Waals surface area contributed by atoms with Gasteiger partial charge in [0.25, 0.3) is 5.69 Å². The Morgan fingerprint density at radius 3 is 2.35 bits per heavy atom. The fourth-order valence-electron chi connectivity index (χ4n) is 1.89. The molecule has 9 heteroatoms. The molecule has 134 valence electrons. The molecular weight excluding hydrogens is 340 g/mol. The van der Waals surface area contributed by atoms with Crippen LogP contribution in [0.15, 0.2) is 53.6 Å². The van der Waals surface area contributed by atoms with Crippen LogP contribution in [0.25, 0.3) is 0 Å². The zero-order chi connectivity index (χ0) is 18.9. The van der Waals surface area contributed by atoms with E-state index in [1.165, 1.54) is 30.5 Å². The summed E-state index contributed by atoms with van der Waals surface area (Å²) >= 11 is 0. The van der Waals surface area contributed by atoms with Crippen LogP contribution in [-0.4, -0.2) is 29.6 Å². The first-order chi connectivity index (χ1) is 12.5. The molecule has 9 nitrogen and oxygen atoms in total. The van der Waals surface area contributed by atoms with E-state index in [9.17, 15) is 19.7 Å². The second-order valence-corrected chi connectivity index (χ2v) is 4.96. The number of hydrogen-bond donors (Lipinski definition) is 2. The van der Waals surface area contributed by atoms with E-state index in [1.807, 2.05) is 6.92 Å². The quantitative estimate of drug-likeness (QED) is 0.355. The summed E-state index contributed by atoms with van der Waals surface area (Å²) in [6, 6.07) is 12.1. The van der Waals surface area contributed by atoms with Crippen LogP contribution in [0.2, 0.25) is 0 Å². The molecule has 2 aromatic rings. The van der Waals surface area contributed by atoms with Gasteiger partial charge in [0.1, 0.15) is 5.75 Å². The molecule has 0 saturated carbocycles. The monoisotopic (exact) mass is 356 g/mol. The van der Waals surface area contributed by atoms with Crippen molar-refractivity contribution < 1.29 is 19.2 Å². The van der Waals surface area contributed by atoms with Gasteiger partial charge in [0.2, 0.25) is 0 Å². The van der Waals surface area contributed by atoms with Crippen molar-refractivity contribution in [2.45, 2.75) is 6.92 Å². The number of hydrazone groups is 1. The minimum absolute atomic E-state index is 0.0547. The summed E-state index contributed by atoms with van der Waals surface area (Å²) in [5.41, 5.74) is 2.99. The van der Waals surface area contributed by atoms with Gasteiger partial charge in [0, 0.05) is 17.8 Å². The molecular formula is C17H16N4O5. The molecule has 0 aliphatic carbocycles. The molecule has 0 saturated heterocycles. The van der Waals surface area contributed by atoms with Gasteiger partial charge in [-0.3, -0.25) is 19.7 Å². The van der Waals surface area contributed by atoms with E-state index in [4.69, 9.17) is 4.74 Å². The highest BCUT2D eigenvalue weighted by atomic mass is 16.6. The first kappa shape index (κ1) is 18.6. The molecule has 0 aliphatic rings. The summed E-state index contributed by atoms with van der Waals surface area (Å²) in [5.74, 6) is -1.17. The number of nitro benzene ring substituents is 1. The summed E-state index contributed by atoms with van der Waals surface area (Å²) in [4.78, 5) is 33.5. The van der Waals surface area contributed by atoms with Crippen LogP contribution in [-0.2, 0) is 9.59 Å². The molecule has 2 amide bonds. The maximum Gasteiger partial charge on any atom is 0.329 e. The average Bonchev–Trinajstić information content (AvgIpc) is 2.64. The van der Waals surface area contributed by atoms with Crippen molar-refractivity contribution in [3.05, 3.63) is 64.2 Å². The molecule has 0 aliphatic heterocycles. The second-order valence-electron chi connectivity index (χ2n) is 4.96. The Labute approximate surface area is 148 Å². The van der Waals surface area contributed by atoms with Gasteiger partial charge in [-0.1, -0.05) is 0 Å². The number of carbonyl (C=O) groups is 2. The van der Waals surface area contributed by atoms with Gasteiger partial charge >= 0.3 is 11.8 Å². The third-order valence-corrected chi connectivity index (χ3v) is 3.11. The molecule has 26 heavy (non-hydrogen) atoms. The number of non-ortho nitro benzene ring substituents is 1. The summed E-state index contributed by atoms with van der Waals surface area (Å²) in [5, 5.41) is 16.6. The number of ether oxygens (including phenoxy) is 1. The van der Waals surface area contributed by atoms with Gasteiger partial charge in [-0.2, -0.15) is 5.10 Å². The summed E-state index contributed by atoms with van der Waals surface area (Å²) in [6.45, 7) is 2.39. The van der Waals surface area contributed by atoms with Gasteiger partial charge in [-0.15, -0.1) is 0 Å². The molecule has 0 heterocycles. The highest BCUT2D eigenvalue weighted by Crippen LogP contribution is 2.15. The Morgan fingerprint density at radius 1 is 1.12 bits per heavy atom. The first-order valence-electron chi connectivity index (χ1n) is 7.61. The van der Waals surface area contributed by atoms with E-state index in [-0.39, 0.29) is 5.69 Å². The van der Waals surface area contributed by atoms with Crippen molar-refractivity contribution >= 4 is 29.4 Å². The fraction of sp³-hybridized carbons (Fsp3) is 0.118. The van der Waals surface area contributed by atoms with Gasteiger partial charge < -0.3 is 10.1 Å². The highest BCUT2D eigenvalue weighted by Gasteiger charge is 2.12. The third kappa shape index (κ3) is 5.41. The van der Waals surface area contributed by atoms with Crippen LogP contribution in [0.1, 0.15) is 12.5 Å². The number of carbonyl (C=O) groups excluding carboxylic acids is 2. The lowest BCUT2D eigenvalue weighted by molar-refractivity contribution is -0.384. The van der Waals surface area contributed by atoms with Crippen molar-refractivity contribution in [3.8, 4) is 5.75 Å². The Bertz CT molecular complexity index is 816. The molecule has 0 aromatic heterocycles. The molecule has 2 rings (SSSR count). The van der Waals surface area contributed by atoms with E-state index in [2.05, 4.69) is 15.8 Å². The van der Waals surface area contributed by atoms with Crippen LogP contribution in [0.3, 0.4) is 0 Å². The number of nitro groups is 1. The lowest BCUT2D eigenvalue weighted by atomic mass is 10.2. The number of benzene rings is 2. The number of nitrogens with zero attached hydrogens (tertiary/aromatic N) is 2. The minimum atomic E-state index is -0.947. The number of rotatable bonds is 6. The van der Waals surface area contributed by atoms with Gasteiger partial charge in [-0.25, -0.2) is 5.43 Å². The predicted octanol–water partition coefficient (Wildman–Crippen LogP) is 2.08. The largest absolute Gasteiger partial charge is 0.494 e. The van der Waals surface area contributed by atoms with E-state index in [0.717, 1.165) is 0 Å². The smallest absolute Gasteiger partial charge is 0.329 e. The second kappa shape index (κ2) is 8.92. The molecule has 0 fully saturated rings. The van der Waals surface area contributed by atoms with Crippen LogP contribution < -0.4 is 15.5 Å². The standard InChI is InChI=1S/C17H16N4O5/c1-2-26-15-9-5-13(6-10-15)19-16(22)17(23)20-18-11-12-3-7-14(8-4-12)21(24)25/h3-11H,2H2,1H3,(H,19,22)(H,20,23)/b18-11-. The topological polar surface area (TPSA) is 123 Å².